The van der Waals surface area contributed by atoms with Crippen LogP contribution in [0.5, 0.6) is 17.2 Å². The Hall–Kier alpha value is -7.10. The van der Waals surface area contributed by atoms with Crippen molar-refractivity contribution in [2.24, 2.45) is 30.7 Å². The van der Waals surface area contributed by atoms with Gasteiger partial charge in [0.05, 0.1) is 97.5 Å². The highest BCUT2D eigenvalue weighted by Gasteiger charge is 2.23. The van der Waals surface area contributed by atoms with Gasteiger partial charge >= 0.3 is 0 Å². The fourth-order valence-electron chi connectivity index (χ4n) is 7.07. The van der Waals surface area contributed by atoms with Crippen LogP contribution in [0.3, 0.4) is 0 Å². The van der Waals surface area contributed by atoms with E-state index in [-0.39, 0.29) is 106 Å². The van der Waals surface area contributed by atoms with Gasteiger partial charge in [0, 0.05) is 40.9 Å². The molecule has 2 atom stereocenters. The Labute approximate surface area is 461 Å². The van der Waals surface area contributed by atoms with Gasteiger partial charge in [-0.1, -0.05) is 22.2 Å². The molecule has 6 rings (SSSR count). The number of amides is 2. The fraction of sp³-hybridized carbons (Fsp3) is 0.261. The van der Waals surface area contributed by atoms with Crippen molar-refractivity contribution >= 4 is 117 Å². The van der Waals surface area contributed by atoms with Gasteiger partial charge in [-0.05, 0) is 84.3 Å². The zero-order valence-electron chi connectivity index (χ0n) is 41.6. The van der Waals surface area contributed by atoms with Gasteiger partial charge < -0.3 is 51.4 Å². The molecule has 0 radical (unpaired) electrons. The number of phenols is 1. The number of nitrogens with two attached hydrogens (primary N) is 1. The summed E-state index contributed by atoms with van der Waals surface area (Å²) in [5.41, 5.74) is 5.86. The number of ether oxygens (including phenoxy) is 2. The van der Waals surface area contributed by atoms with Crippen LogP contribution < -0.4 is 25.8 Å². The number of anilines is 1. The summed E-state index contributed by atoms with van der Waals surface area (Å²) in [7, 11) is -9.75. The van der Waals surface area contributed by atoms with E-state index in [1.54, 1.807) is 13.8 Å². The topological polar surface area (TPSA) is 464 Å². The van der Waals surface area contributed by atoms with Crippen molar-refractivity contribution in [1.82, 2.24) is 10.6 Å². The van der Waals surface area contributed by atoms with Crippen molar-refractivity contribution in [2.45, 2.75) is 58.5 Å². The van der Waals surface area contributed by atoms with E-state index in [1.807, 2.05) is 0 Å². The molecule has 0 aliphatic carbocycles. The summed E-state index contributed by atoms with van der Waals surface area (Å²) < 4.78 is 90.6. The number of hydrogen-bond acceptors (Lipinski definition) is 28. The largest absolute Gasteiger partial charge is 0.505 e. The SMILES string of the molecule is Cc1cc(N=Nc2c(SOOO)cc3cc(S(=O)(=O)O)c(N)cc3c2O)c(OCCC(=O)NCC(O)CO)cc1N=Nc1cc(C)c(N=Nc2ccc3cc(SOOO)ccc3c2S(=O)(=O)O)cc1OCCC(=O)NCC(O)CO. The summed E-state index contributed by atoms with van der Waals surface area (Å²) in [5, 5.41) is 105. The summed E-state index contributed by atoms with van der Waals surface area (Å²) >= 11 is 0.940. The van der Waals surface area contributed by atoms with Gasteiger partial charge in [-0.15, -0.1) is 29.1 Å². The average Bonchev–Trinajstić information content (AvgIpc) is 3.57. The Morgan fingerprint density at radius 3 is 1.68 bits per heavy atom. The Morgan fingerprint density at radius 2 is 1.15 bits per heavy atom. The Bertz CT molecular complexity index is 3580. The third-order valence-corrected chi connectivity index (χ3v) is 14.0. The maximum atomic E-state index is 12.8. The summed E-state index contributed by atoms with van der Waals surface area (Å²) in [4.78, 5) is 24.3. The van der Waals surface area contributed by atoms with Gasteiger partial charge in [-0.25, -0.2) is 10.5 Å². The van der Waals surface area contributed by atoms with E-state index in [4.69, 9.17) is 35.9 Å². The standard InChI is InChI=1S/C46H49N9O21S4/c1-23-11-36(38(71-9-7-42(60)48-19-27(58)21-56)17-34(23)51-50-33-6-3-25-13-29(77-75-73-63)4-5-30(25)46(33)80(68,69)70)53-52-35-18-39(72-10-8-43(61)49-20-28(59)22-57)37(12-24(35)2)54-55-44-40(78-76-74-64)14-26-15-41(79(65,66)67)32(47)16-31(26)45(44)62/h3-6,11-18,27-28,56-59,62-64H,7-10,19-22,47H2,1-2H3,(H,48,60)(H,49,61)(H,65,66,67)(H,68,69,70). The van der Waals surface area contributed by atoms with E-state index >= 15 is 0 Å². The molecule has 34 heteroatoms. The number of aryl methyl sites for hydroxylation is 2. The number of aliphatic hydroxyl groups excluding tert-OH is 4. The van der Waals surface area contributed by atoms with E-state index in [9.17, 15) is 50.8 Å². The van der Waals surface area contributed by atoms with Crippen LogP contribution in [-0.4, -0.2) is 126 Å². The number of fused-ring (bicyclic) bond motifs is 2. The fourth-order valence-corrected chi connectivity index (χ4v) is 9.45. The normalized spacial score (nSPS) is 13.0. The zero-order chi connectivity index (χ0) is 58.3. The van der Waals surface area contributed by atoms with Crippen LogP contribution in [0.25, 0.3) is 21.5 Å². The second kappa shape index (κ2) is 28.4. The van der Waals surface area contributed by atoms with Gasteiger partial charge in [0.1, 0.15) is 44.0 Å². The van der Waals surface area contributed by atoms with E-state index in [0.29, 0.717) is 45.5 Å². The molecule has 2 amide bonds. The third-order valence-electron chi connectivity index (χ3n) is 11.0. The van der Waals surface area contributed by atoms with Crippen molar-refractivity contribution in [3.8, 4) is 17.2 Å². The molecule has 6 aromatic carbocycles. The molecule has 80 heavy (non-hydrogen) atoms. The molecular weight excluding hydrogens is 1140 g/mol. The summed E-state index contributed by atoms with van der Waals surface area (Å²) in [6.07, 6.45) is -2.98. The van der Waals surface area contributed by atoms with E-state index in [2.05, 4.69) is 60.1 Å². The summed E-state index contributed by atoms with van der Waals surface area (Å²) in [5.74, 6) is -1.86. The number of benzene rings is 6. The minimum absolute atomic E-state index is 0.0175. The van der Waals surface area contributed by atoms with Crippen LogP contribution in [0, 0.1) is 13.8 Å². The van der Waals surface area contributed by atoms with E-state index in [0.717, 1.165) is 12.1 Å². The number of hydrogen-bond donors (Lipinski definition) is 12. The minimum atomic E-state index is -4.93. The first-order valence-electron chi connectivity index (χ1n) is 22.9. The van der Waals surface area contributed by atoms with Crippen molar-refractivity contribution in [3.63, 3.8) is 0 Å². The third kappa shape index (κ3) is 16.7. The molecule has 0 bridgehead atoms. The first kappa shape index (κ1) is 62.1. The molecule has 0 fully saturated rings. The first-order chi connectivity index (χ1) is 38.0. The molecule has 0 spiro atoms. The summed E-state index contributed by atoms with van der Waals surface area (Å²) in [6, 6.07) is 16.0. The second-order valence-corrected chi connectivity index (χ2v) is 20.9. The number of phenolic OH excluding ortho intramolecular Hbond substituents is 1. The van der Waals surface area contributed by atoms with E-state index < -0.39 is 78.7 Å². The molecule has 0 saturated carbocycles. The highest BCUT2D eigenvalue weighted by atomic mass is 32.2. The number of nitrogens with zero attached hydrogens (tertiary/aromatic N) is 6. The molecule has 428 valence electrons. The molecule has 0 aromatic heterocycles. The highest BCUT2D eigenvalue weighted by molar-refractivity contribution is 7.95. The van der Waals surface area contributed by atoms with Gasteiger partial charge in [0.2, 0.25) is 11.8 Å². The van der Waals surface area contributed by atoms with Gasteiger partial charge in [0.15, 0.2) is 5.75 Å². The monoisotopic (exact) mass is 1190 g/mol. The van der Waals surface area contributed by atoms with Crippen LogP contribution in [0.2, 0.25) is 0 Å². The molecule has 30 nitrogen and oxygen atoms in total. The van der Waals surface area contributed by atoms with Crippen LogP contribution in [0.15, 0.2) is 123 Å². The number of aliphatic hydroxyl groups is 4. The zero-order valence-corrected chi connectivity index (χ0v) is 44.8. The smallest absolute Gasteiger partial charge is 0.297 e. The maximum absolute atomic E-state index is 12.8. The van der Waals surface area contributed by atoms with Gasteiger partial charge in [0.25, 0.3) is 20.2 Å². The van der Waals surface area contributed by atoms with Gasteiger partial charge in [-0.2, -0.15) is 27.1 Å². The molecular formula is C46H49N9O21S4. The van der Waals surface area contributed by atoms with Crippen LogP contribution >= 0.6 is 24.1 Å². The van der Waals surface area contributed by atoms with Crippen molar-refractivity contribution in [1.29, 1.82) is 0 Å². The Morgan fingerprint density at radius 1 is 0.625 bits per heavy atom. The van der Waals surface area contributed by atoms with Crippen molar-refractivity contribution in [3.05, 3.63) is 83.9 Å². The molecule has 13 N–H and O–H groups in total. The van der Waals surface area contributed by atoms with E-state index in [1.165, 1.54) is 60.7 Å². The minimum Gasteiger partial charge on any atom is -0.505 e. The number of nitrogen functional groups attached to an aromatic ring is 1. The number of nitrogens with one attached hydrogen (secondary N) is 2. The molecule has 2 unspecified atom stereocenters. The molecule has 0 aliphatic heterocycles. The van der Waals surface area contributed by atoms with Crippen LogP contribution in [-0.2, 0) is 48.6 Å². The summed E-state index contributed by atoms with van der Waals surface area (Å²) in [6.45, 7) is 0.883. The number of azo groups is 3. The van der Waals surface area contributed by atoms with Gasteiger partial charge in [-0.3, -0.25) is 18.7 Å². The molecule has 0 heterocycles. The molecule has 0 aliphatic rings. The number of aromatic hydroxyl groups is 1. The number of carbonyl (C=O) groups excluding carboxylic acids is 2. The Balaban J connectivity index is 1.41. The second-order valence-electron chi connectivity index (χ2n) is 16.7. The predicted molar refractivity (Wildman–Crippen MR) is 282 cm³/mol. The maximum Gasteiger partial charge on any atom is 0.297 e. The van der Waals surface area contributed by atoms with Crippen LogP contribution in [0.1, 0.15) is 24.0 Å². The quantitative estimate of drug-likeness (QED) is 0.00589. The predicted octanol–water partition coefficient (Wildman–Crippen LogP) is 6.97. The van der Waals surface area contributed by atoms with Crippen LogP contribution in [0.4, 0.5) is 39.8 Å². The average molecular weight is 1190 g/mol. The molecule has 6 aromatic rings. The lowest BCUT2D eigenvalue weighted by Gasteiger charge is -2.13. The number of rotatable bonds is 28. The lowest BCUT2D eigenvalue weighted by atomic mass is 10.1. The molecule has 0 saturated heterocycles. The Kier molecular flexibility index (Phi) is 22.0. The first-order valence-corrected chi connectivity index (χ1v) is 27.2. The number of carbonyl (C=O) groups is 2. The van der Waals surface area contributed by atoms with Crippen molar-refractivity contribution < 1.29 is 99.8 Å². The lowest BCUT2D eigenvalue weighted by Crippen LogP contribution is -2.34. The van der Waals surface area contributed by atoms with Crippen molar-refractivity contribution in [2.75, 3.05) is 45.3 Å². The lowest BCUT2D eigenvalue weighted by molar-refractivity contribution is -0.432. The highest BCUT2D eigenvalue weighted by Crippen LogP contribution is 2.47.